The summed E-state index contributed by atoms with van der Waals surface area (Å²) in [5, 5.41) is 32.0. The maximum absolute atomic E-state index is 9.82. The summed E-state index contributed by atoms with van der Waals surface area (Å²) < 4.78 is 0. The van der Waals surface area contributed by atoms with E-state index in [0.29, 0.717) is 17.2 Å². The minimum absolute atomic E-state index is 0.0346. The Balaban J connectivity index is 1.92. The van der Waals surface area contributed by atoms with Crippen LogP contribution in [-0.2, 0) is 0 Å². The number of amidine groups is 1. The first-order valence-corrected chi connectivity index (χ1v) is 7.61. The Hall–Kier alpha value is -3.67. The molecule has 6 heteroatoms. The summed E-state index contributed by atoms with van der Waals surface area (Å²) in [7, 11) is 0. The van der Waals surface area contributed by atoms with E-state index in [2.05, 4.69) is 20.8 Å². The van der Waals surface area contributed by atoms with Gasteiger partial charge in [0.15, 0.2) is 0 Å². The van der Waals surface area contributed by atoms with E-state index < -0.39 is 0 Å². The average Bonchev–Trinajstić information content (AvgIpc) is 2.65. The quantitative estimate of drug-likeness (QED) is 0.213. The molecule has 0 atom stereocenters. The molecule has 0 aliphatic carbocycles. The molecule has 0 bridgehead atoms. The Morgan fingerprint density at radius 3 is 2.08 bits per heavy atom. The van der Waals surface area contributed by atoms with Crippen LogP contribution in [0.5, 0.6) is 11.5 Å². The van der Waals surface area contributed by atoms with E-state index in [4.69, 9.17) is 0 Å². The van der Waals surface area contributed by atoms with E-state index in [0.717, 1.165) is 5.56 Å². The number of hydrogen-bond acceptors (Lipinski definition) is 5. The number of para-hydroxylation sites is 3. The lowest BCUT2D eigenvalue weighted by molar-refractivity contribution is 0.476. The summed E-state index contributed by atoms with van der Waals surface area (Å²) in [6.45, 7) is 0. The zero-order chi connectivity index (χ0) is 17.5. The van der Waals surface area contributed by atoms with Crippen LogP contribution >= 0.6 is 0 Å². The van der Waals surface area contributed by atoms with E-state index >= 15 is 0 Å². The van der Waals surface area contributed by atoms with Gasteiger partial charge in [-0.1, -0.05) is 54.6 Å². The van der Waals surface area contributed by atoms with Gasteiger partial charge in [0.2, 0.25) is 5.84 Å². The molecular weight excluding hydrogens is 316 g/mol. The maximum atomic E-state index is 9.82. The van der Waals surface area contributed by atoms with Gasteiger partial charge in [0, 0.05) is 5.56 Å². The predicted molar refractivity (Wildman–Crippen MR) is 97.3 cm³/mol. The van der Waals surface area contributed by atoms with Gasteiger partial charge in [-0.05, 0) is 24.3 Å². The monoisotopic (exact) mass is 332 g/mol. The van der Waals surface area contributed by atoms with Crippen LogP contribution in [0.1, 0.15) is 5.56 Å². The third-order valence-corrected chi connectivity index (χ3v) is 3.35. The fourth-order valence-electron chi connectivity index (χ4n) is 2.06. The van der Waals surface area contributed by atoms with E-state index in [1.807, 2.05) is 30.3 Å². The zero-order valence-corrected chi connectivity index (χ0v) is 13.2. The van der Waals surface area contributed by atoms with Gasteiger partial charge in [-0.25, -0.2) is 0 Å². The van der Waals surface area contributed by atoms with Gasteiger partial charge in [-0.3, -0.25) is 5.43 Å². The molecule has 6 nitrogen and oxygen atoms in total. The molecule has 3 N–H and O–H groups in total. The third kappa shape index (κ3) is 4.20. The molecule has 0 heterocycles. The van der Waals surface area contributed by atoms with Gasteiger partial charge >= 0.3 is 0 Å². The molecule has 0 saturated heterocycles. The zero-order valence-electron chi connectivity index (χ0n) is 13.2. The van der Waals surface area contributed by atoms with E-state index in [1.54, 1.807) is 42.5 Å². The van der Waals surface area contributed by atoms with E-state index in [1.165, 1.54) is 6.07 Å². The molecule has 0 saturated carbocycles. The lowest BCUT2D eigenvalue weighted by atomic mass is 10.2. The SMILES string of the molecule is Oc1ccccc1N=N/C(=N/Nc1ccccc1O)c1ccccc1. The van der Waals surface area contributed by atoms with Gasteiger partial charge in [-0.15, -0.1) is 10.2 Å². The third-order valence-electron chi connectivity index (χ3n) is 3.35. The van der Waals surface area contributed by atoms with E-state index in [-0.39, 0.29) is 11.5 Å². The molecule has 25 heavy (non-hydrogen) atoms. The lowest BCUT2D eigenvalue weighted by Crippen LogP contribution is -2.01. The number of hydrazone groups is 1. The number of phenolic OH excluding ortho intramolecular Hbond substituents is 2. The van der Waals surface area contributed by atoms with Crippen LogP contribution in [-0.4, -0.2) is 16.0 Å². The summed E-state index contributed by atoms with van der Waals surface area (Å²) in [6, 6.07) is 22.7. The second kappa shape index (κ2) is 7.74. The van der Waals surface area contributed by atoms with Crippen LogP contribution in [0.3, 0.4) is 0 Å². The summed E-state index contributed by atoms with van der Waals surface area (Å²) >= 11 is 0. The summed E-state index contributed by atoms with van der Waals surface area (Å²) in [5.41, 5.74) is 4.32. The van der Waals surface area contributed by atoms with Gasteiger partial charge < -0.3 is 10.2 Å². The number of phenols is 2. The fraction of sp³-hybridized carbons (Fsp3) is 0. The standard InChI is InChI=1S/C19H16N4O2/c24-17-12-6-4-10-15(17)20-22-19(14-8-2-1-3-9-14)23-21-16-11-5-7-13-18(16)25/h1-13,20,24-25H/b22-19+,23-21?. The van der Waals surface area contributed by atoms with Crippen molar-refractivity contribution in [2.45, 2.75) is 0 Å². The van der Waals surface area contributed by atoms with Gasteiger partial charge in [0.05, 0.1) is 5.69 Å². The Morgan fingerprint density at radius 2 is 1.36 bits per heavy atom. The van der Waals surface area contributed by atoms with E-state index in [9.17, 15) is 10.2 Å². The molecule has 0 aliphatic heterocycles. The summed E-state index contributed by atoms with van der Waals surface area (Å²) in [4.78, 5) is 0. The normalized spacial score (nSPS) is 11.6. The molecule has 124 valence electrons. The van der Waals surface area contributed by atoms with Crippen molar-refractivity contribution in [2.75, 3.05) is 5.43 Å². The Labute approximate surface area is 144 Å². The highest BCUT2D eigenvalue weighted by Crippen LogP contribution is 2.26. The largest absolute Gasteiger partial charge is 0.506 e. The lowest BCUT2D eigenvalue weighted by Gasteiger charge is -2.05. The molecule has 0 radical (unpaired) electrons. The van der Waals surface area contributed by atoms with Gasteiger partial charge in [-0.2, -0.15) is 5.10 Å². The first kappa shape index (κ1) is 16.2. The van der Waals surface area contributed by atoms with Crippen molar-refractivity contribution >= 4 is 17.2 Å². The van der Waals surface area contributed by atoms with Crippen LogP contribution in [0.4, 0.5) is 11.4 Å². The molecular formula is C19H16N4O2. The molecule has 0 spiro atoms. The Kier molecular flexibility index (Phi) is 5.01. The molecule has 3 aromatic rings. The van der Waals surface area contributed by atoms with Crippen molar-refractivity contribution in [1.82, 2.24) is 0 Å². The molecule has 0 aromatic heterocycles. The summed E-state index contributed by atoms with van der Waals surface area (Å²) in [5.74, 6) is 0.427. The summed E-state index contributed by atoms with van der Waals surface area (Å²) in [6.07, 6.45) is 0. The Morgan fingerprint density at radius 1 is 0.720 bits per heavy atom. The minimum Gasteiger partial charge on any atom is -0.506 e. The predicted octanol–water partition coefficient (Wildman–Crippen LogP) is 4.66. The van der Waals surface area contributed by atoms with Crippen molar-refractivity contribution in [3.8, 4) is 11.5 Å². The topological polar surface area (TPSA) is 89.6 Å². The highest BCUT2D eigenvalue weighted by atomic mass is 16.3. The smallest absolute Gasteiger partial charge is 0.201 e. The molecule has 0 fully saturated rings. The molecule has 0 amide bonds. The number of rotatable bonds is 4. The highest BCUT2D eigenvalue weighted by Gasteiger charge is 2.05. The number of nitrogens with zero attached hydrogens (tertiary/aromatic N) is 3. The van der Waals surface area contributed by atoms with Crippen molar-refractivity contribution in [3.05, 3.63) is 84.4 Å². The fourth-order valence-corrected chi connectivity index (χ4v) is 2.06. The van der Waals surface area contributed by atoms with Crippen LogP contribution in [0.25, 0.3) is 0 Å². The highest BCUT2D eigenvalue weighted by molar-refractivity contribution is 5.99. The molecule has 0 unspecified atom stereocenters. The second-order valence-corrected chi connectivity index (χ2v) is 5.12. The van der Waals surface area contributed by atoms with Gasteiger partial charge in [0.1, 0.15) is 17.2 Å². The van der Waals surface area contributed by atoms with Crippen LogP contribution in [0.2, 0.25) is 0 Å². The maximum Gasteiger partial charge on any atom is 0.201 e. The number of benzene rings is 3. The molecule has 0 aliphatic rings. The minimum atomic E-state index is 0.0346. The average molecular weight is 332 g/mol. The number of nitrogens with one attached hydrogen (secondary N) is 1. The number of hydrogen-bond donors (Lipinski definition) is 3. The first-order valence-electron chi connectivity index (χ1n) is 7.61. The first-order chi connectivity index (χ1) is 12.2. The van der Waals surface area contributed by atoms with Crippen molar-refractivity contribution in [1.29, 1.82) is 0 Å². The van der Waals surface area contributed by atoms with Gasteiger partial charge in [0.25, 0.3) is 0 Å². The van der Waals surface area contributed by atoms with Crippen molar-refractivity contribution < 1.29 is 10.2 Å². The molecule has 3 aromatic carbocycles. The number of aromatic hydroxyl groups is 2. The van der Waals surface area contributed by atoms with Crippen LogP contribution in [0.15, 0.2) is 94.2 Å². The van der Waals surface area contributed by atoms with Crippen molar-refractivity contribution in [3.63, 3.8) is 0 Å². The number of anilines is 1. The Bertz CT molecular complexity index is 908. The van der Waals surface area contributed by atoms with Crippen LogP contribution in [0, 0.1) is 0 Å². The van der Waals surface area contributed by atoms with Crippen molar-refractivity contribution in [2.24, 2.45) is 15.3 Å². The van der Waals surface area contributed by atoms with Crippen LogP contribution < -0.4 is 5.43 Å². The number of azo groups is 1. The molecule has 3 rings (SSSR count). The second-order valence-electron chi connectivity index (χ2n) is 5.12.